The Hall–Kier alpha value is -2.94. The van der Waals surface area contributed by atoms with Gasteiger partial charge < -0.3 is 10.7 Å². The van der Waals surface area contributed by atoms with E-state index in [9.17, 15) is 13.6 Å². The number of thioether (sulfide) groups is 1. The fourth-order valence-electron chi connectivity index (χ4n) is 3.15. The van der Waals surface area contributed by atoms with Gasteiger partial charge in [0.2, 0.25) is 11.1 Å². The number of anilines is 1. The van der Waals surface area contributed by atoms with Gasteiger partial charge in [0, 0.05) is 12.1 Å². The molecule has 0 saturated carbocycles. The number of rotatable bonds is 5. The lowest BCUT2D eigenvalue weighted by Crippen LogP contribution is -2.41. The number of nitrogens with one attached hydrogen (secondary N) is 2. The maximum absolute atomic E-state index is 13.4. The molecule has 0 saturated heterocycles. The molecule has 0 unspecified atom stereocenters. The van der Waals surface area contributed by atoms with E-state index in [-0.39, 0.29) is 17.5 Å². The van der Waals surface area contributed by atoms with Crippen molar-refractivity contribution >= 4 is 23.4 Å². The Kier molecular flexibility index (Phi) is 5.48. The van der Waals surface area contributed by atoms with Crippen molar-refractivity contribution in [3.63, 3.8) is 0 Å². The number of hydrogen-bond donors (Lipinski definition) is 2. The number of carbonyl (C=O) groups excluding carboxylic acids is 1. The van der Waals surface area contributed by atoms with E-state index in [1.54, 1.807) is 16.8 Å². The molecule has 0 aliphatic carbocycles. The number of amides is 1. The number of hydrogen-bond acceptors (Lipinski definition) is 5. The van der Waals surface area contributed by atoms with Crippen LogP contribution in [0.2, 0.25) is 0 Å². The molecule has 2 N–H and O–H groups in total. The first-order valence-corrected chi connectivity index (χ1v) is 10.1. The molecule has 2 atom stereocenters. The smallest absolute Gasteiger partial charge is 0.240 e. The first kappa shape index (κ1) is 19.4. The number of fused-ring (bicyclic) bond motifs is 1. The molecule has 0 bridgehead atoms. The van der Waals surface area contributed by atoms with Crippen molar-refractivity contribution in [2.75, 3.05) is 10.7 Å². The number of halogens is 2. The lowest BCUT2D eigenvalue weighted by atomic mass is 10.0. The highest BCUT2D eigenvalue weighted by molar-refractivity contribution is 8.00. The van der Waals surface area contributed by atoms with Gasteiger partial charge in [0.15, 0.2) is 5.82 Å². The van der Waals surface area contributed by atoms with Gasteiger partial charge in [-0.2, -0.15) is 0 Å². The molecule has 1 aromatic heterocycles. The third-order valence-electron chi connectivity index (χ3n) is 4.58. The van der Waals surface area contributed by atoms with Crippen LogP contribution in [0.15, 0.2) is 53.7 Å². The summed E-state index contributed by atoms with van der Waals surface area (Å²) in [6, 6.07) is 11.2. The van der Waals surface area contributed by atoms with Gasteiger partial charge in [-0.3, -0.25) is 4.79 Å². The van der Waals surface area contributed by atoms with Gasteiger partial charge in [-0.1, -0.05) is 30.8 Å². The zero-order valence-corrected chi connectivity index (χ0v) is 16.4. The van der Waals surface area contributed by atoms with Crippen LogP contribution in [0.3, 0.4) is 0 Å². The zero-order chi connectivity index (χ0) is 20.4. The van der Waals surface area contributed by atoms with E-state index in [2.05, 4.69) is 20.9 Å². The zero-order valence-electron chi connectivity index (χ0n) is 15.6. The Bertz CT molecular complexity index is 1010. The van der Waals surface area contributed by atoms with Crippen molar-refractivity contribution in [1.29, 1.82) is 0 Å². The summed E-state index contributed by atoms with van der Waals surface area (Å²) in [5, 5.41) is 11.2. The predicted molar refractivity (Wildman–Crippen MR) is 107 cm³/mol. The Morgan fingerprint density at radius 1 is 1.10 bits per heavy atom. The Balaban J connectivity index is 1.65. The van der Waals surface area contributed by atoms with Gasteiger partial charge in [-0.25, -0.2) is 13.5 Å². The number of aryl methyl sites for hydroxylation is 1. The molecule has 29 heavy (non-hydrogen) atoms. The van der Waals surface area contributed by atoms with Crippen LogP contribution in [-0.2, 0) is 11.2 Å². The summed E-state index contributed by atoms with van der Waals surface area (Å²) >= 11 is 1.29. The monoisotopic (exact) mass is 415 g/mol. The van der Waals surface area contributed by atoms with Crippen LogP contribution in [0.1, 0.15) is 30.8 Å². The molecular formula is C20H19F2N5OS. The average Bonchev–Trinajstić information content (AvgIpc) is 3.11. The van der Waals surface area contributed by atoms with E-state index < -0.39 is 11.3 Å². The minimum atomic E-state index is -0.586. The summed E-state index contributed by atoms with van der Waals surface area (Å²) in [4.78, 5) is 13.0. The van der Waals surface area contributed by atoms with Gasteiger partial charge >= 0.3 is 0 Å². The van der Waals surface area contributed by atoms with Gasteiger partial charge in [0.05, 0.1) is 6.04 Å². The molecular weight excluding hydrogens is 396 g/mol. The first-order valence-electron chi connectivity index (χ1n) is 9.24. The van der Waals surface area contributed by atoms with Gasteiger partial charge in [0.1, 0.15) is 16.9 Å². The highest BCUT2D eigenvalue weighted by atomic mass is 32.2. The molecule has 2 heterocycles. The first-order chi connectivity index (χ1) is 14.0. The van der Waals surface area contributed by atoms with Crippen LogP contribution in [0, 0.1) is 11.6 Å². The second-order valence-electron chi connectivity index (χ2n) is 6.68. The normalized spacial score (nSPS) is 18.0. The lowest BCUT2D eigenvalue weighted by Gasteiger charge is -2.33. The largest absolute Gasteiger partial charge is 0.325 e. The summed E-state index contributed by atoms with van der Waals surface area (Å²) < 4.78 is 28.4. The summed E-state index contributed by atoms with van der Waals surface area (Å²) in [6.07, 6.45) is 1.64. The van der Waals surface area contributed by atoms with E-state index in [4.69, 9.17) is 0 Å². The van der Waals surface area contributed by atoms with E-state index in [1.807, 2.05) is 6.92 Å². The number of carbonyl (C=O) groups is 1. The van der Waals surface area contributed by atoms with Crippen molar-refractivity contribution < 1.29 is 13.6 Å². The summed E-state index contributed by atoms with van der Waals surface area (Å²) in [6.45, 7) is 2.05. The molecule has 0 radical (unpaired) electrons. The van der Waals surface area contributed by atoms with Crippen molar-refractivity contribution in [2.24, 2.45) is 0 Å². The SMILES string of the molecule is CCCc1nnc2n1N[C@@H](c1ccc(F)cc1)[C@H](C(=O)Nc1ccc(F)cc1)S2. The van der Waals surface area contributed by atoms with E-state index >= 15 is 0 Å². The lowest BCUT2D eigenvalue weighted by molar-refractivity contribution is -0.116. The number of benzene rings is 2. The Morgan fingerprint density at radius 2 is 1.76 bits per heavy atom. The summed E-state index contributed by atoms with van der Waals surface area (Å²) in [7, 11) is 0. The Morgan fingerprint density at radius 3 is 2.41 bits per heavy atom. The second-order valence-corrected chi connectivity index (χ2v) is 7.79. The number of aromatic nitrogens is 3. The molecule has 0 spiro atoms. The minimum Gasteiger partial charge on any atom is -0.325 e. The fourth-order valence-corrected chi connectivity index (χ4v) is 4.25. The van der Waals surface area contributed by atoms with Crippen LogP contribution in [0.25, 0.3) is 0 Å². The van der Waals surface area contributed by atoms with Crippen LogP contribution in [-0.4, -0.2) is 26.0 Å². The topological polar surface area (TPSA) is 71.8 Å². The predicted octanol–water partition coefficient (Wildman–Crippen LogP) is 3.91. The van der Waals surface area contributed by atoms with Crippen molar-refractivity contribution in [3.8, 4) is 0 Å². The number of nitrogens with zero attached hydrogens (tertiary/aromatic N) is 3. The van der Waals surface area contributed by atoms with E-state index in [0.717, 1.165) is 24.2 Å². The van der Waals surface area contributed by atoms with Crippen LogP contribution >= 0.6 is 11.8 Å². The molecule has 150 valence electrons. The van der Waals surface area contributed by atoms with E-state index in [0.29, 0.717) is 10.8 Å². The Labute approximate surface area is 170 Å². The summed E-state index contributed by atoms with van der Waals surface area (Å²) in [5.41, 5.74) is 4.58. The quantitative estimate of drug-likeness (QED) is 0.661. The average molecular weight is 415 g/mol. The minimum absolute atomic E-state index is 0.269. The highest BCUT2D eigenvalue weighted by Gasteiger charge is 2.37. The maximum Gasteiger partial charge on any atom is 0.240 e. The van der Waals surface area contributed by atoms with Crippen LogP contribution in [0.5, 0.6) is 0 Å². The standard InChI is InChI=1S/C20H19F2N5OS/c1-2-3-16-24-25-20-27(16)26-17(12-4-6-13(21)7-5-12)18(29-20)19(28)23-15-10-8-14(22)9-11-15/h4-11,17-18,26H,2-3H2,1H3,(H,23,28)/t17-,18+/m0/s1. The van der Waals surface area contributed by atoms with Crippen LogP contribution in [0.4, 0.5) is 14.5 Å². The van der Waals surface area contributed by atoms with Crippen molar-refractivity contribution in [2.45, 2.75) is 36.2 Å². The molecule has 3 aromatic rings. The maximum atomic E-state index is 13.4. The molecule has 1 aliphatic heterocycles. The van der Waals surface area contributed by atoms with Gasteiger partial charge in [-0.15, -0.1) is 10.2 Å². The van der Waals surface area contributed by atoms with Crippen molar-refractivity contribution in [1.82, 2.24) is 14.9 Å². The highest BCUT2D eigenvalue weighted by Crippen LogP contribution is 2.37. The molecule has 9 heteroatoms. The molecule has 2 aromatic carbocycles. The van der Waals surface area contributed by atoms with E-state index in [1.165, 1.54) is 48.2 Å². The summed E-state index contributed by atoms with van der Waals surface area (Å²) in [5.74, 6) is -0.215. The van der Waals surface area contributed by atoms with Gasteiger partial charge in [-0.05, 0) is 48.4 Å². The molecule has 1 aliphatic rings. The van der Waals surface area contributed by atoms with Crippen molar-refractivity contribution in [3.05, 3.63) is 71.6 Å². The molecule has 0 fully saturated rings. The third kappa shape index (κ3) is 4.09. The molecule has 6 nitrogen and oxygen atoms in total. The molecule has 1 amide bonds. The van der Waals surface area contributed by atoms with Gasteiger partial charge in [0.25, 0.3) is 0 Å². The third-order valence-corrected chi connectivity index (χ3v) is 5.79. The second kappa shape index (κ2) is 8.20. The fraction of sp³-hybridized carbons (Fsp3) is 0.250. The molecule has 4 rings (SSSR count). The van der Waals surface area contributed by atoms with Crippen LogP contribution < -0.4 is 10.7 Å².